The Morgan fingerprint density at radius 3 is 2.47 bits per heavy atom. The quantitative estimate of drug-likeness (QED) is 0.615. The number of nitrogens with zero attached hydrogens (tertiary/aromatic N) is 1. The van der Waals surface area contributed by atoms with Gasteiger partial charge in [-0.2, -0.15) is 13.2 Å². The summed E-state index contributed by atoms with van der Waals surface area (Å²) in [6, 6.07) is 3.80. The van der Waals surface area contributed by atoms with Crippen molar-refractivity contribution in [3.63, 3.8) is 0 Å². The normalized spacial score (nSPS) is 13.6. The molecule has 0 aliphatic rings. The minimum atomic E-state index is -4.82. The highest BCUT2D eigenvalue weighted by molar-refractivity contribution is 5.35. The number of nitro benzene ring substituents is 1. The number of non-ortho nitro benzene ring substituents is 1. The van der Waals surface area contributed by atoms with Crippen LogP contribution in [-0.4, -0.2) is 16.2 Å². The molecule has 4 nitrogen and oxygen atoms in total. The first-order valence-corrected chi connectivity index (χ1v) is 3.81. The minimum absolute atomic E-state index is 0.490. The van der Waals surface area contributed by atoms with E-state index in [1.807, 2.05) is 0 Å². The lowest BCUT2D eigenvalue weighted by molar-refractivity contribution is -0.385. The highest BCUT2D eigenvalue weighted by Gasteiger charge is 2.39. The molecule has 0 unspecified atom stereocenters. The lowest BCUT2D eigenvalue weighted by atomic mass is 10.1. The summed E-state index contributed by atoms with van der Waals surface area (Å²) in [5.74, 6) is 0. The van der Waals surface area contributed by atoms with Gasteiger partial charge in [0.2, 0.25) is 0 Å². The van der Waals surface area contributed by atoms with Crippen LogP contribution in [0.4, 0.5) is 18.9 Å². The van der Waals surface area contributed by atoms with Gasteiger partial charge in [0.1, 0.15) is 0 Å². The fourth-order valence-corrected chi connectivity index (χ4v) is 0.997. The van der Waals surface area contributed by atoms with E-state index < -0.39 is 28.5 Å². The van der Waals surface area contributed by atoms with Gasteiger partial charge in [0.25, 0.3) is 5.69 Å². The molecule has 0 aromatic heterocycles. The number of halogens is 3. The molecule has 1 N–H and O–H groups in total. The summed E-state index contributed by atoms with van der Waals surface area (Å²) in [4.78, 5) is 9.44. The van der Waals surface area contributed by atoms with Gasteiger partial charge in [-0.25, -0.2) is 0 Å². The van der Waals surface area contributed by atoms with Crippen molar-refractivity contribution in [1.29, 1.82) is 0 Å². The molecule has 1 atom stereocenters. The van der Waals surface area contributed by atoms with Crippen LogP contribution in [0, 0.1) is 10.1 Å². The van der Waals surface area contributed by atoms with E-state index in [0.29, 0.717) is 6.07 Å². The van der Waals surface area contributed by atoms with Crippen molar-refractivity contribution in [2.24, 2.45) is 0 Å². The van der Waals surface area contributed by atoms with Gasteiger partial charge >= 0.3 is 6.18 Å². The maximum atomic E-state index is 12.0. The molecule has 0 fully saturated rings. The Balaban J connectivity index is 3.06. The molecule has 0 heterocycles. The zero-order chi connectivity index (χ0) is 11.6. The van der Waals surface area contributed by atoms with E-state index in [2.05, 4.69) is 0 Å². The summed E-state index contributed by atoms with van der Waals surface area (Å²) in [6.45, 7) is 0. The van der Waals surface area contributed by atoms with Crippen LogP contribution in [0.15, 0.2) is 24.3 Å². The zero-order valence-corrected chi connectivity index (χ0v) is 7.23. The largest absolute Gasteiger partial charge is 0.418 e. The fourth-order valence-electron chi connectivity index (χ4n) is 0.997. The predicted octanol–water partition coefficient (Wildman–Crippen LogP) is 2.19. The SMILES string of the molecule is O=[N+]([O-])c1cccc([C@H](O)C(F)(F)F)c1. The van der Waals surface area contributed by atoms with Crippen molar-refractivity contribution in [3.8, 4) is 0 Å². The van der Waals surface area contributed by atoms with Gasteiger partial charge < -0.3 is 5.11 Å². The number of aliphatic hydroxyl groups excluding tert-OH is 1. The standard InChI is InChI=1S/C8H6F3NO3/c9-8(10,11)7(13)5-2-1-3-6(4-5)12(14)15/h1-4,7,13H/t7-/m0/s1. The van der Waals surface area contributed by atoms with Crippen LogP contribution >= 0.6 is 0 Å². The maximum absolute atomic E-state index is 12.0. The molecule has 0 saturated heterocycles. The number of hydrogen-bond donors (Lipinski definition) is 1. The van der Waals surface area contributed by atoms with Crippen molar-refractivity contribution in [2.75, 3.05) is 0 Å². The van der Waals surface area contributed by atoms with Crippen LogP contribution in [0.1, 0.15) is 11.7 Å². The molecule has 0 bridgehead atoms. The second kappa shape index (κ2) is 3.85. The summed E-state index contributed by atoms with van der Waals surface area (Å²) >= 11 is 0. The first-order chi connectivity index (χ1) is 6.82. The van der Waals surface area contributed by atoms with Crippen LogP contribution in [-0.2, 0) is 0 Å². The van der Waals surface area contributed by atoms with Gasteiger partial charge in [-0.05, 0) is 5.56 Å². The van der Waals surface area contributed by atoms with Crippen LogP contribution in [0.5, 0.6) is 0 Å². The Morgan fingerprint density at radius 2 is 2.00 bits per heavy atom. The highest BCUT2D eigenvalue weighted by atomic mass is 19.4. The number of rotatable bonds is 2. The third-order valence-corrected chi connectivity index (χ3v) is 1.71. The third-order valence-electron chi connectivity index (χ3n) is 1.71. The summed E-state index contributed by atoms with van der Waals surface area (Å²) in [5, 5.41) is 19.1. The van der Waals surface area contributed by atoms with Crippen molar-refractivity contribution in [1.82, 2.24) is 0 Å². The summed E-state index contributed by atoms with van der Waals surface area (Å²) < 4.78 is 36.1. The molecular formula is C8H6F3NO3. The van der Waals surface area contributed by atoms with Crippen molar-refractivity contribution >= 4 is 5.69 Å². The Kier molecular flexibility index (Phi) is 2.94. The topological polar surface area (TPSA) is 63.4 Å². The molecular weight excluding hydrogens is 215 g/mol. The fraction of sp³-hybridized carbons (Fsp3) is 0.250. The molecule has 0 saturated carbocycles. The van der Waals surface area contributed by atoms with Crippen molar-refractivity contribution in [2.45, 2.75) is 12.3 Å². The van der Waals surface area contributed by atoms with Crippen LogP contribution in [0.2, 0.25) is 0 Å². The third kappa shape index (κ3) is 2.66. The average molecular weight is 221 g/mol. The van der Waals surface area contributed by atoms with Crippen molar-refractivity contribution < 1.29 is 23.2 Å². The monoisotopic (exact) mass is 221 g/mol. The Labute approximate surface area is 82.1 Å². The van der Waals surface area contributed by atoms with Crippen molar-refractivity contribution in [3.05, 3.63) is 39.9 Å². The van der Waals surface area contributed by atoms with Gasteiger partial charge in [-0.15, -0.1) is 0 Å². The number of nitro groups is 1. The number of benzene rings is 1. The number of hydrogen-bond acceptors (Lipinski definition) is 3. The Morgan fingerprint density at radius 1 is 1.40 bits per heavy atom. The minimum Gasteiger partial charge on any atom is -0.379 e. The van der Waals surface area contributed by atoms with Gasteiger partial charge in [0.15, 0.2) is 6.10 Å². The Bertz CT molecular complexity index is 378. The molecule has 7 heteroatoms. The Hall–Kier alpha value is -1.63. The first kappa shape index (κ1) is 11.4. The second-order valence-corrected chi connectivity index (χ2v) is 2.80. The second-order valence-electron chi connectivity index (χ2n) is 2.80. The summed E-state index contributed by atoms with van der Waals surface area (Å²) in [5.41, 5.74) is -1.03. The van der Waals surface area contributed by atoms with E-state index in [9.17, 15) is 23.3 Å². The van der Waals surface area contributed by atoms with E-state index in [0.717, 1.165) is 18.2 Å². The van der Waals surface area contributed by atoms with Gasteiger partial charge in [0, 0.05) is 12.1 Å². The molecule has 15 heavy (non-hydrogen) atoms. The molecule has 0 aliphatic carbocycles. The lowest BCUT2D eigenvalue weighted by Gasteiger charge is -2.14. The van der Waals surface area contributed by atoms with E-state index in [1.165, 1.54) is 0 Å². The van der Waals surface area contributed by atoms with E-state index in [-0.39, 0.29) is 0 Å². The maximum Gasteiger partial charge on any atom is 0.418 e. The molecule has 1 aromatic rings. The number of alkyl halides is 3. The molecule has 0 aliphatic heterocycles. The van der Waals surface area contributed by atoms with Crippen LogP contribution < -0.4 is 0 Å². The lowest BCUT2D eigenvalue weighted by Crippen LogP contribution is -2.20. The van der Waals surface area contributed by atoms with Crippen LogP contribution in [0.3, 0.4) is 0 Å². The van der Waals surface area contributed by atoms with Gasteiger partial charge in [0.05, 0.1) is 4.92 Å². The molecule has 1 rings (SSSR count). The molecule has 0 radical (unpaired) electrons. The van der Waals surface area contributed by atoms with Gasteiger partial charge in [-0.3, -0.25) is 10.1 Å². The molecule has 1 aromatic carbocycles. The predicted molar refractivity (Wildman–Crippen MR) is 44.1 cm³/mol. The summed E-state index contributed by atoms with van der Waals surface area (Å²) in [7, 11) is 0. The van der Waals surface area contributed by atoms with E-state index >= 15 is 0 Å². The van der Waals surface area contributed by atoms with E-state index in [1.54, 1.807) is 0 Å². The molecule has 0 amide bonds. The average Bonchev–Trinajstić information content (AvgIpc) is 2.15. The highest BCUT2D eigenvalue weighted by Crippen LogP contribution is 2.33. The van der Waals surface area contributed by atoms with Crippen LogP contribution in [0.25, 0.3) is 0 Å². The molecule has 0 spiro atoms. The van der Waals surface area contributed by atoms with E-state index in [4.69, 9.17) is 5.11 Å². The molecule has 82 valence electrons. The van der Waals surface area contributed by atoms with Gasteiger partial charge in [-0.1, -0.05) is 12.1 Å². The zero-order valence-electron chi connectivity index (χ0n) is 7.23. The summed E-state index contributed by atoms with van der Waals surface area (Å²) in [6.07, 6.45) is -7.52. The first-order valence-electron chi connectivity index (χ1n) is 3.81. The number of aliphatic hydroxyl groups is 1. The smallest absolute Gasteiger partial charge is 0.379 e.